The quantitative estimate of drug-likeness (QED) is 0.797. The van der Waals surface area contributed by atoms with Crippen molar-refractivity contribution >= 4 is 28.3 Å². The van der Waals surface area contributed by atoms with Crippen LogP contribution in [0, 0.1) is 0 Å². The lowest BCUT2D eigenvalue weighted by Gasteiger charge is -2.09. The van der Waals surface area contributed by atoms with Gasteiger partial charge in [-0.2, -0.15) is 0 Å². The summed E-state index contributed by atoms with van der Waals surface area (Å²) in [5, 5.41) is 10.8. The van der Waals surface area contributed by atoms with Gasteiger partial charge in [0.05, 0.1) is 5.57 Å². The van der Waals surface area contributed by atoms with Crippen molar-refractivity contribution in [3.63, 3.8) is 0 Å². The Morgan fingerprint density at radius 1 is 1.17 bits per heavy atom. The molecule has 18 heavy (non-hydrogen) atoms. The molecular weight excluding hydrogens is 230 g/mol. The van der Waals surface area contributed by atoms with Crippen molar-refractivity contribution in [3.05, 3.63) is 48.0 Å². The zero-order chi connectivity index (χ0) is 13.1. The first-order chi connectivity index (χ1) is 8.63. The van der Waals surface area contributed by atoms with Crippen molar-refractivity contribution in [3.8, 4) is 0 Å². The molecule has 0 amide bonds. The van der Waals surface area contributed by atoms with Crippen LogP contribution in [0.4, 0.5) is 0 Å². The molecule has 0 spiro atoms. The Bertz CT molecular complexity index is 657. The van der Waals surface area contributed by atoms with Crippen LogP contribution in [0.3, 0.4) is 0 Å². The highest BCUT2D eigenvalue weighted by atomic mass is 16.4. The van der Waals surface area contributed by atoms with Crippen LogP contribution in [-0.4, -0.2) is 23.1 Å². The van der Waals surface area contributed by atoms with E-state index in [0.29, 0.717) is 5.56 Å². The normalized spacial score (nSPS) is 11.8. The number of carboxylic acids is 1. The summed E-state index contributed by atoms with van der Waals surface area (Å²) in [7, 11) is 0. The fraction of sp³-hybridized carbons (Fsp3) is 0.0714. The maximum Gasteiger partial charge on any atom is 0.325 e. The summed E-state index contributed by atoms with van der Waals surface area (Å²) in [5.41, 5.74) is 5.89. The Kier molecular flexibility index (Phi) is 3.24. The molecule has 3 N–H and O–H groups in total. The van der Waals surface area contributed by atoms with Crippen LogP contribution in [0.2, 0.25) is 0 Å². The van der Waals surface area contributed by atoms with Crippen LogP contribution in [0.15, 0.2) is 42.5 Å². The summed E-state index contributed by atoms with van der Waals surface area (Å²) in [4.78, 5) is 21.7. The van der Waals surface area contributed by atoms with Crippen LogP contribution in [0.25, 0.3) is 16.3 Å². The zero-order valence-electron chi connectivity index (χ0n) is 9.46. The molecule has 0 aliphatic rings. The van der Waals surface area contributed by atoms with Crippen molar-refractivity contribution < 1.29 is 14.7 Å². The first-order valence-electron chi connectivity index (χ1n) is 5.36. The second kappa shape index (κ2) is 4.84. The summed E-state index contributed by atoms with van der Waals surface area (Å²) in [6.45, 7) is 0. The van der Waals surface area contributed by atoms with Gasteiger partial charge in [0.25, 0.3) is 0 Å². The maximum atomic E-state index is 10.9. The number of benzene rings is 2. The number of carboxylic acid groups (broad SMARTS) is 1. The molecule has 4 nitrogen and oxygen atoms in total. The summed E-state index contributed by atoms with van der Waals surface area (Å²) in [6, 6.07) is 11.5. The fourth-order valence-corrected chi connectivity index (χ4v) is 1.78. The second-order valence-corrected chi connectivity index (χ2v) is 3.89. The topological polar surface area (TPSA) is 80.4 Å². The Labute approximate surface area is 103 Å². The molecule has 2 aromatic rings. The molecule has 0 saturated carbocycles. The standard InChI is InChI=1S/C14H11NO3/c15-13(14(17)18)12(8-16)11-6-5-9-3-1-2-4-10(9)7-11/h1-7,13H,15H2,(H,17,18). The van der Waals surface area contributed by atoms with Gasteiger partial charge in [-0.05, 0) is 22.4 Å². The SMILES string of the molecule is NC(C(=O)O)C(=C=O)c1ccc2ccccc2c1. The minimum Gasteiger partial charge on any atom is -0.480 e. The van der Waals surface area contributed by atoms with E-state index < -0.39 is 12.0 Å². The number of hydrogen-bond acceptors (Lipinski definition) is 3. The van der Waals surface area contributed by atoms with E-state index in [1.165, 1.54) is 0 Å². The highest BCUT2D eigenvalue weighted by Gasteiger charge is 2.20. The number of hydrogen-bond donors (Lipinski definition) is 2. The van der Waals surface area contributed by atoms with Gasteiger partial charge < -0.3 is 10.8 Å². The lowest BCUT2D eigenvalue weighted by molar-refractivity contribution is -0.137. The largest absolute Gasteiger partial charge is 0.480 e. The molecule has 0 aromatic heterocycles. The number of rotatable bonds is 3. The van der Waals surface area contributed by atoms with Crippen LogP contribution < -0.4 is 5.73 Å². The average Bonchev–Trinajstić information content (AvgIpc) is 2.39. The predicted octanol–water partition coefficient (Wildman–Crippen LogP) is 1.47. The molecule has 4 heteroatoms. The summed E-state index contributed by atoms with van der Waals surface area (Å²) in [5.74, 6) is 0.376. The van der Waals surface area contributed by atoms with E-state index in [0.717, 1.165) is 10.8 Å². The summed E-state index contributed by atoms with van der Waals surface area (Å²) >= 11 is 0. The average molecular weight is 241 g/mol. The number of fused-ring (bicyclic) bond motifs is 1. The fourth-order valence-electron chi connectivity index (χ4n) is 1.78. The third-order valence-corrected chi connectivity index (χ3v) is 2.75. The number of carbonyl (C=O) groups is 1. The van der Waals surface area contributed by atoms with E-state index in [9.17, 15) is 9.59 Å². The third kappa shape index (κ3) is 2.15. The van der Waals surface area contributed by atoms with Gasteiger partial charge in [-0.3, -0.25) is 4.79 Å². The Morgan fingerprint density at radius 3 is 2.44 bits per heavy atom. The van der Waals surface area contributed by atoms with E-state index >= 15 is 0 Å². The molecule has 90 valence electrons. The van der Waals surface area contributed by atoms with Crippen molar-refractivity contribution in [1.29, 1.82) is 0 Å². The Morgan fingerprint density at radius 2 is 1.83 bits per heavy atom. The first kappa shape index (κ1) is 12.0. The van der Waals surface area contributed by atoms with Crippen LogP contribution >= 0.6 is 0 Å². The number of nitrogens with two attached hydrogens (primary N) is 1. The molecule has 2 rings (SSSR count). The molecule has 0 fully saturated rings. The van der Waals surface area contributed by atoms with Crippen molar-refractivity contribution in [1.82, 2.24) is 0 Å². The highest BCUT2D eigenvalue weighted by Crippen LogP contribution is 2.21. The molecule has 0 heterocycles. The predicted molar refractivity (Wildman–Crippen MR) is 68.7 cm³/mol. The Balaban J connectivity index is 2.53. The second-order valence-electron chi connectivity index (χ2n) is 3.89. The molecule has 1 atom stereocenters. The van der Waals surface area contributed by atoms with E-state index in [1.54, 1.807) is 18.1 Å². The minimum absolute atomic E-state index is 0.0479. The summed E-state index contributed by atoms with van der Waals surface area (Å²) < 4.78 is 0. The smallest absolute Gasteiger partial charge is 0.325 e. The van der Waals surface area contributed by atoms with Gasteiger partial charge >= 0.3 is 5.97 Å². The lowest BCUT2D eigenvalue weighted by atomic mass is 9.98. The lowest BCUT2D eigenvalue weighted by Crippen LogP contribution is -2.31. The van der Waals surface area contributed by atoms with Gasteiger partial charge in [0.1, 0.15) is 12.0 Å². The third-order valence-electron chi connectivity index (χ3n) is 2.75. The van der Waals surface area contributed by atoms with Gasteiger partial charge in [0, 0.05) is 0 Å². The molecule has 0 aliphatic carbocycles. The van der Waals surface area contributed by atoms with Crippen molar-refractivity contribution in [2.75, 3.05) is 0 Å². The van der Waals surface area contributed by atoms with Gasteiger partial charge in [-0.1, -0.05) is 36.4 Å². The maximum absolute atomic E-state index is 10.9. The number of aliphatic carboxylic acids is 1. The molecule has 2 aromatic carbocycles. The van der Waals surface area contributed by atoms with Gasteiger partial charge in [0.15, 0.2) is 0 Å². The zero-order valence-corrected chi connectivity index (χ0v) is 9.46. The molecule has 1 unspecified atom stereocenters. The molecule has 0 bridgehead atoms. The number of carbonyl (C=O) groups excluding carboxylic acids is 1. The van der Waals surface area contributed by atoms with Crippen molar-refractivity contribution in [2.45, 2.75) is 6.04 Å². The van der Waals surface area contributed by atoms with Crippen LogP contribution in [0.1, 0.15) is 5.56 Å². The highest BCUT2D eigenvalue weighted by molar-refractivity contribution is 6.02. The first-order valence-corrected chi connectivity index (χ1v) is 5.36. The molecule has 0 saturated heterocycles. The van der Waals surface area contributed by atoms with Gasteiger partial charge in [0.2, 0.25) is 0 Å². The summed E-state index contributed by atoms with van der Waals surface area (Å²) in [6.07, 6.45) is 0. The van der Waals surface area contributed by atoms with Gasteiger partial charge in [-0.25, -0.2) is 4.79 Å². The van der Waals surface area contributed by atoms with E-state index in [-0.39, 0.29) is 5.57 Å². The minimum atomic E-state index is -1.36. The van der Waals surface area contributed by atoms with Crippen LogP contribution in [-0.2, 0) is 9.59 Å². The van der Waals surface area contributed by atoms with Gasteiger partial charge in [-0.15, -0.1) is 0 Å². The Hall–Kier alpha value is -2.42. The monoisotopic (exact) mass is 241 g/mol. The van der Waals surface area contributed by atoms with E-state index in [2.05, 4.69) is 0 Å². The van der Waals surface area contributed by atoms with E-state index in [4.69, 9.17) is 10.8 Å². The molecular formula is C14H11NO3. The van der Waals surface area contributed by atoms with Crippen molar-refractivity contribution in [2.24, 2.45) is 5.73 Å². The molecule has 0 aliphatic heterocycles. The van der Waals surface area contributed by atoms with Crippen LogP contribution in [0.5, 0.6) is 0 Å². The molecule has 0 radical (unpaired) electrons. The van der Waals surface area contributed by atoms with E-state index in [1.807, 2.05) is 30.3 Å².